The Morgan fingerprint density at radius 3 is 2.81 bits per heavy atom. The Kier molecular flexibility index (Phi) is 5.09. The maximum atomic E-state index is 12.9. The molecule has 4 rings (SSSR count). The van der Waals surface area contributed by atoms with Gasteiger partial charge in [0.2, 0.25) is 0 Å². The number of halogens is 1. The number of benzene rings is 1. The molecule has 4 nitrogen and oxygen atoms in total. The Bertz CT molecular complexity index is 832. The quantitative estimate of drug-likeness (QED) is 0.711. The topological polar surface area (TPSA) is 45.2 Å². The highest BCUT2D eigenvalue weighted by molar-refractivity contribution is 8.00. The van der Waals surface area contributed by atoms with E-state index in [1.165, 1.54) is 24.8 Å². The lowest BCUT2D eigenvalue weighted by Gasteiger charge is -2.26. The van der Waals surface area contributed by atoms with Crippen molar-refractivity contribution in [1.29, 1.82) is 0 Å². The predicted octanol–water partition coefficient (Wildman–Crippen LogP) is 5.42. The minimum Gasteiger partial charge on any atom is -0.322 e. The molecule has 1 aliphatic carbocycles. The van der Waals surface area contributed by atoms with E-state index in [4.69, 9.17) is 11.6 Å². The van der Waals surface area contributed by atoms with Gasteiger partial charge in [-0.05, 0) is 79.4 Å². The van der Waals surface area contributed by atoms with Crippen LogP contribution in [0.25, 0.3) is 0 Å². The maximum absolute atomic E-state index is 12.9. The molecule has 1 N–H and O–H groups in total. The van der Waals surface area contributed by atoms with E-state index in [0.717, 1.165) is 35.8 Å². The molecule has 0 bridgehead atoms. The summed E-state index contributed by atoms with van der Waals surface area (Å²) in [5, 5.41) is 3.70. The van der Waals surface area contributed by atoms with Crippen LogP contribution in [0.5, 0.6) is 0 Å². The highest BCUT2D eigenvalue weighted by Crippen LogP contribution is 2.38. The van der Waals surface area contributed by atoms with Crippen LogP contribution in [0, 0.1) is 6.92 Å². The van der Waals surface area contributed by atoms with Gasteiger partial charge in [0, 0.05) is 34.8 Å². The molecule has 1 amide bonds. The molecular weight excluding hydrogens is 366 g/mol. The second-order valence-corrected chi connectivity index (χ2v) is 8.55. The van der Waals surface area contributed by atoms with Gasteiger partial charge in [-0.15, -0.1) is 0 Å². The number of carbonyl (C=O) groups excluding carboxylic acids is 1. The third-order valence-electron chi connectivity index (χ3n) is 5.10. The summed E-state index contributed by atoms with van der Waals surface area (Å²) in [7, 11) is 0. The van der Waals surface area contributed by atoms with E-state index in [2.05, 4.69) is 20.7 Å². The van der Waals surface area contributed by atoms with Crippen LogP contribution >= 0.6 is 23.5 Å². The van der Waals surface area contributed by atoms with E-state index in [-0.39, 0.29) is 5.91 Å². The van der Waals surface area contributed by atoms with Crippen LogP contribution in [0.2, 0.25) is 5.02 Å². The van der Waals surface area contributed by atoms with Crippen molar-refractivity contribution in [3.8, 4) is 0 Å². The summed E-state index contributed by atoms with van der Waals surface area (Å²) >= 11 is 8.04. The Morgan fingerprint density at radius 1 is 1.27 bits per heavy atom. The number of aryl methyl sites for hydroxylation is 1. The minimum absolute atomic E-state index is 0.114. The van der Waals surface area contributed by atoms with Crippen LogP contribution in [0.1, 0.15) is 53.1 Å². The highest BCUT2D eigenvalue weighted by Gasteiger charge is 2.21. The van der Waals surface area contributed by atoms with E-state index in [9.17, 15) is 4.79 Å². The van der Waals surface area contributed by atoms with E-state index in [0.29, 0.717) is 16.5 Å². The zero-order valence-corrected chi connectivity index (χ0v) is 16.4. The summed E-state index contributed by atoms with van der Waals surface area (Å²) in [6.07, 6.45) is 6.60. The largest absolute Gasteiger partial charge is 0.322 e. The third-order valence-corrected chi connectivity index (χ3v) is 6.47. The average Bonchev–Trinajstić information content (AvgIpc) is 3.07. The standard InChI is InChI=1S/C20H22ClN3OS/c1-13-12-22-19(24-6-3-7-26-24)11-18(13)20(25)23-17-9-15(8-16(21)10-17)14-4-2-5-14/h8-12,14H,2-7H2,1H3,(H,23,25). The van der Waals surface area contributed by atoms with Crippen molar-refractivity contribution in [2.45, 2.75) is 38.5 Å². The van der Waals surface area contributed by atoms with Gasteiger partial charge < -0.3 is 9.62 Å². The molecule has 1 saturated heterocycles. The van der Waals surface area contributed by atoms with Gasteiger partial charge in [-0.2, -0.15) is 0 Å². The molecule has 6 heteroatoms. The van der Waals surface area contributed by atoms with E-state index in [1.807, 2.05) is 25.1 Å². The van der Waals surface area contributed by atoms with E-state index in [1.54, 1.807) is 18.1 Å². The van der Waals surface area contributed by atoms with Gasteiger partial charge in [-0.3, -0.25) is 4.79 Å². The summed E-state index contributed by atoms with van der Waals surface area (Å²) < 4.78 is 2.16. The molecule has 136 valence electrons. The lowest BCUT2D eigenvalue weighted by molar-refractivity contribution is 0.102. The Balaban J connectivity index is 1.56. The molecule has 0 atom stereocenters. The van der Waals surface area contributed by atoms with Gasteiger partial charge in [-0.1, -0.05) is 18.0 Å². The molecule has 2 aliphatic rings. The maximum Gasteiger partial charge on any atom is 0.256 e. The SMILES string of the molecule is Cc1cnc(N2CCCS2)cc1C(=O)Nc1cc(Cl)cc(C2CCC2)c1. The molecule has 1 aromatic carbocycles. The number of pyridine rings is 1. The first kappa shape index (κ1) is 17.7. The van der Waals surface area contributed by atoms with Gasteiger partial charge in [0.15, 0.2) is 0 Å². The Morgan fingerprint density at radius 2 is 2.12 bits per heavy atom. The first-order chi connectivity index (χ1) is 12.6. The number of nitrogens with zero attached hydrogens (tertiary/aromatic N) is 2. The van der Waals surface area contributed by atoms with Crippen LogP contribution in [0.15, 0.2) is 30.5 Å². The van der Waals surface area contributed by atoms with Crippen LogP contribution in [0.3, 0.4) is 0 Å². The number of hydrogen-bond acceptors (Lipinski definition) is 4. The Hall–Kier alpha value is -1.72. The van der Waals surface area contributed by atoms with Crippen molar-refractivity contribution < 1.29 is 4.79 Å². The van der Waals surface area contributed by atoms with Crippen molar-refractivity contribution in [3.63, 3.8) is 0 Å². The number of anilines is 2. The van der Waals surface area contributed by atoms with Gasteiger partial charge >= 0.3 is 0 Å². The minimum atomic E-state index is -0.114. The number of aromatic nitrogens is 1. The molecule has 0 radical (unpaired) electrons. The van der Waals surface area contributed by atoms with Gasteiger partial charge in [-0.25, -0.2) is 4.98 Å². The highest BCUT2D eigenvalue weighted by atomic mass is 35.5. The summed E-state index contributed by atoms with van der Waals surface area (Å²) in [5.74, 6) is 2.41. The molecular formula is C20H22ClN3OS. The summed E-state index contributed by atoms with van der Waals surface area (Å²) in [5.41, 5.74) is 3.52. The van der Waals surface area contributed by atoms with Crippen molar-refractivity contribution >= 4 is 41.0 Å². The normalized spacial score (nSPS) is 17.2. The molecule has 2 aromatic rings. The van der Waals surface area contributed by atoms with Gasteiger partial charge in [0.25, 0.3) is 5.91 Å². The molecule has 26 heavy (non-hydrogen) atoms. The van der Waals surface area contributed by atoms with Crippen molar-refractivity contribution in [2.75, 3.05) is 21.9 Å². The fourth-order valence-electron chi connectivity index (χ4n) is 3.38. The van der Waals surface area contributed by atoms with Gasteiger partial charge in [0.1, 0.15) is 5.82 Å². The number of nitrogens with one attached hydrogen (secondary N) is 1. The Labute approximate surface area is 163 Å². The number of hydrogen-bond donors (Lipinski definition) is 1. The molecule has 1 aliphatic heterocycles. The molecule has 1 saturated carbocycles. The molecule has 0 unspecified atom stereocenters. The molecule has 2 fully saturated rings. The summed E-state index contributed by atoms with van der Waals surface area (Å²) in [6, 6.07) is 7.78. The summed E-state index contributed by atoms with van der Waals surface area (Å²) in [6.45, 7) is 2.89. The fraction of sp³-hybridized carbons (Fsp3) is 0.400. The summed E-state index contributed by atoms with van der Waals surface area (Å²) in [4.78, 5) is 17.4. The first-order valence-corrected chi connectivity index (χ1v) is 10.4. The second-order valence-electron chi connectivity index (χ2n) is 7.00. The van der Waals surface area contributed by atoms with Crippen molar-refractivity contribution in [3.05, 3.63) is 52.2 Å². The average molecular weight is 388 g/mol. The third kappa shape index (κ3) is 3.69. The van der Waals surface area contributed by atoms with E-state index >= 15 is 0 Å². The van der Waals surface area contributed by atoms with Crippen LogP contribution in [-0.4, -0.2) is 23.2 Å². The van der Waals surface area contributed by atoms with Crippen molar-refractivity contribution in [2.24, 2.45) is 0 Å². The lowest BCUT2D eigenvalue weighted by atomic mass is 9.80. The van der Waals surface area contributed by atoms with E-state index < -0.39 is 0 Å². The lowest BCUT2D eigenvalue weighted by Crippen LogP contribution is -2.17. The van der Waals surface area contributed by atoms with Crippen molar-refractivity contribution in [1.82, 2.24) is 4.98 Å². The number of amides is 1. The molecule has 0 spiro atoms. The van der Waals surface area contributed by atoms with Crippen LogP contribution in [0.4, 0.5) is 11.5 Å². The number of rotatable bonds is 4. The number of carbonyl (C=O) groups is 1. The zero-order chi connectivity index (χ0) is 18.1. The second kappa shape index (κ2) is 7.49. The first-order valence-electron chi connectivity index (χ1n) is 9.09. The fourth-order valence-corrected chi connectivity index (χ4v) is 4.59. The van der Waals surface area contributed by atoms with Gasteiger partial charge in [0.05, 0.1) is 0 Å². The smallest absolute Gasteiger partial charge is 0.256 e. The predicted molar refractivity (Wildman–Crippen MR) is 109 cm³/mol. The zero-order valence-electron chi connectivity index (χ0n) is 14.8. The van der Waals surface area contributed by atoms with Crippen LogP contribution in [-0.2, 0) is 0 Å². The molecule has 1 aromatic heterocycles. The monoisotopic (exact) mass is 387 g/mol. The molecule has 2 heterocycles. The van der Waals surface area contributed by atoms with Crippen LogP contribution < -0.4 is 9.62 Å².